The van der Waals surface area contributed by atoms with Crippen molar-refractivity contribution in [3.8, 4) is 5.75 Å². The first kappa shape index (κ1) is 20.9. The maximum Gasteiger partial charge on any atom is 0.228 e. The van der Waals surface area contributed by atoms with E-state index in [2.05, 4.69) is 36.1 Å². The minimum Gasteiger partial charge on any atom is -0.497 e. The van der Waals surface area contributed by atoms with Gasteiger partial charge in [0.15, 0.2) is 0 Å². The van der Waals surface area contributed by atoms with Crippen molar-refractivity contribution in [1.82, 2.24) is 4.90 Å². The van der Waals surface area contributed by atoms with Gasteiger partial charge >= 0.3 is 0 Å². The van der Waals surface area contributed by atoms with Crippen molar-refractivity contribution in [2.24, 2.45) is 17.8 Å². The first-order chi connectivity index (χ1) is 14.6. The molecule has 4 nitrogen and oxygen atoms in total. The molecule has 1 N–H and O–H groups in total. The second-order valence-corrected chi connectivity index (χ2v) is 9.01. The lowest BCUT2D eigenvalue weighted by atomic mass is 9.69. The Labute approximate surface area is 179 Å². The summed E-state index contributed by atoms with van der Waals surface area (Å²) in [6.45, 7) is 2.08. The number of nitrogens with zero attached hydrogens (tertiary/aromatic N) is 1. The van der Waals surface area contributed by atoms with Crippen molar-refractivity contribution in [2.75, 3.05) is 13.7 Å². The van der Waals surface area contributed by atoms with Crippen molar-refractivity contribution < 1.29 is 14.6 Å². The first-order valence-corrected chi connectivity index (χ1v) is 11.2. The van der Waals surface area contributed by atoms with Gasteiger partial charge in [0.2, 0.25) is 5.91 Å². The average molecular weight is 408 g/mol. The van der Waals surface area contributed by atoms with Gasteiger partial charge in [0.05, 0.1) is 25.7 Å². The number of likely N-dealkylation sites (tertiary alicyclic amines) is 1. The Morgan fingerprint density at radius 3 is 2.47 bits per heavy atom. The Balaban J connectivity index is 1.50. The average Bonchev–Trinajstić information content (AvgIpc) is 2.79. The summed E-state index contributed by atoms with van der Waals surface area (Å²) in [5, 5.41) is 9.91. The van der Waals surface area contributed by atoms with Crippen molar-refractivity contribution in [3.05, 3.63) is 65.7 Å². The van der Waals surface area contributed by atoms with Gasteiger partial charge in [-0.05, 0) is 74.1 Å². The van der Waals surface area contributed by atoms with Gasteiger partial charge < -0.3 is 14.7 Å². The van der Waals surface area contributed by atoms with Gasteiger partial charge in [-0.2, -0.15) is 0 Å². The van der Waals surface area contributed by atoms with Crippen LogP contribution in [0, 0.1) is 17.8 Å². The van der Waals surface area contributed by atoms with Crippen LogP contribution < -0.4 is 4.74 Å². The van der Waals surface area contributed by atoms with Crippen LogP contribution in [0.15, 0.2) is 54.6 Å². The molecule has 1 saturated heterocycles. The molecule has 1 heterocycles. The molecular weight excluding hydrogens is 374 g/mol. The Hall–Kier alpha value is -2.33. The number of benzene rings is 2. The minimum absolute atomic E-state index is 0.0405. The summed E-state index contributed by atoms with van der Waals surface area (Å²) in [4.78, 5) is 15.3. The summed E-state index contributed by atoms with van der Waals surface area (Å²) < 4.78 is 5.27. The maximum absolute atomic E-state index is 13.2. The molecule has 4 rings (SSSR count). The van der Waals surface area contributed by atoms with Gasteiger partial charge in [-0.1, -0.05) is 42.5 Å². The predicted molar refractivity (Wildman–Crippen MR) is 118 cm³/mol. The summed E-state index contributed by atoms with van der Waals surface area (Å²) >= 11 is 0. The fourth-order valence-electron chi connectivity index (χ4n) is 5.61. The zero-order chi connectivity index (χ0) is 21.1. The maximum atomic E-state index is 13.2. The Kier molecular flexibility index (Phi) is 6.43. The lowest BCUT2D eigenvalue weighted by Crippen LogP contribution is -2.55. The van der Waals surface area contributed by atoms with Crippen LogP contribution >= 0.6 is 0 Å². The largest absolute Gasteiger partial charge is 0.497 e. The standard InChI is InChI=1S/C26H33NO3/c1-18(21-6-4-3-5-7-21)27-25-13-10-20(14-19-8-11-24(30-2)12-9-19)15-22(25)16-23(17-28)26(27)29/h3-9,11-12,18,20,22-23,25,28H,10,13-17H2,1-2H3/t18-,20-,22-,23+,25-/m1/s1. The van der Waals surface area contributed by atoms with Crippen LogP contribution in [0.1, 0.15) is 49.8 Å². The van der Waals surface area contributed by atoms with E-state index in [0.29, 0.717) is 11.8 Å². The van der Waals surface area contributed by atoms with Gasteiger partial charge in [-0.25, -0.2) is 0 Å². The number of hydrogen-bond donors (Lipinski definition) is 1. The van der Waals surface area contributed by atoms with Gasteiger partial charge in [-0.3, -0.25) is 4.79 Å². The Bertz CT molecular complexity index is 835. The third-order valence-electron chi connectivity index (χ3n) is 7.20. The molecule has 2 fully saturated rings. The van der Waals surface area contributed by atoms with E-state index in [-0.39, 0.29) is 30.5 Å². The number of ether oxygens (including phenoxy) is 1. The molecule has 1 amide bonds. The molecule has 160 valence electrons. The highest BCUT2D eigenvalue weighted by Gasteiger charge is 2.45. The van der Waals surface area contributed by atoms with E-state index in [0.717, 1.165) is 37.9 Å². The molecule has 1 aliphatic heterocycles. The minimum atomic E-state index is -0.267. The van der Waals surface area contributed by atoms with Crippen molar-refractivity contribution in [2.45, 2.75) is 51.1 Å². The van der Waals surface area contributed by atoms with Crippen LogP contribution in [-0.2, 0) is 11.2 Å². The highest BCUT2D eigenvalue weighted by molar-refractivity contribution is 5.80. The molecule has 1 saturated carbocycles. The summed E-state index contributed by atoms with van der Waals surface area (Å²) in [6.07, 6.45) is 5.20. The summed E-state index contributed by atoms with van der Waals surface area (Å²) in [6, 6.07) is 19.0. The normalized spacial score (nSPS) is 27.4. The summed E-state index contributed by atoms with van der Waals surface area (Å²) in [5.41, 5.74) is 2.52. The highest BCUT2D eigenvalue weighted by atomic mass is 16.5. The fourth-order valence-corrected chi connectivity index (χ4v) is 5.61. The molecule has 0 bridgehead atoms. The lowest BCUT2D eigenvalue weighted by molar-refractivity contribution is -0.152. The van der Waals surface area contributed by atoms with Gasteiger partial charge in [-0.15, -0.1) is 0 Å². The highest BCUT2D eigenvalue weighted by Crippen LogP contribution is 2.44. The fraction of sp³-hybridized carbons (Fsp3) is 0.500. The number of aliphatic hydroxyl groups is 1. The Morgan fingerprint density at radius 1 is 1.07 bits per heavy atom. The molecule has 0 unspecified atom stereocenters. The van der Waals surface area contributed by atoms with Crippen molar-refractivity contribution >= 4 is 5.91 Å². The first-order valence-electron chi connectivity index (χ1n) is 11.2. The number of carbonyl (C=O) groups is 1. The zero-order valence-corrected chi connectivity index (χ0v) is 18.0. The van der Waals surface area contributed by atoms with Gasteiger partial charge in [0.25, 0.3) is 0 Å². The SMILES string of the molecule is COc1ccc(C[C@H]2CC[C@@H]3[C@H](C2)C[C@@H](CO)C(=O)N3[C@H](C)c2ccccc2)cc1. The molecular formula is C26H33NO3. The van der Waals surface area contributed by atoms with Crippen LogP contribution in [0.25, 0.3) is 0 Å². The van der Waals surface area contributed by atoms with Crippen molar-refractivity contribution in [3.63, 3.8) is 0 Å². The number of aliphatic hydroxyl groups excluding tert-OH is 1. The molecule has 2 aromatic carbocycles. The quantitative estimate of drug-likeness (QED) is 0.760. The molecule has 0 aromatic heterocycles. The monoisotopic (exact) mass is 407 g/mol. The number of fused-ring (bicyclic) bond motifs is 1. The van der Waals surface area contributed by atoms with Crippen LogP contribution in [0.4, 0.5) is 0 Å². The van der Waals surface area contributed by atoms with Crippen LogP contribution in [0.2, 0.25) is 0 Å². The number of methoxy groups -OCH3 is 1. The van der Waals surface area contributed by atoms with Crippen LogP contribution in [-0.4, -0.2) is 35.7 Å². The molecule has 5 atom stereocenters. The topological polar surface area (TPSA) is 49.8 Å². The van der Waals surface area contributed by atoms with Gasteiger partial charge in [0.1, 0.15) is 5.75 Å². The number of rotatable bonds is 6. The summed E-state index contributed by atoms with van der Waals surface area (Å²) in [7, 11) is 1.69. The number of amides is 1. The second kappa shape index (κ2) is 9.22. The molecule has 0 spiro atoms. The lowest BCUT2D eigenvalue weighted by Gasteiger charge is -2.50. The predicted octanol–water partition coefficient (Wildman–Crippen LogP) is 4.62. The van der Waals surface area contributed by atoms with E-state index in [1.54, 1.807) is 7.11 Å². The van der Waals surface area contributed by atoms with E-state index in [9.17, 15) is 9.90 Å². The van der Waals surface area contributed by atoms with Crippen LogP contribution in [0.5, 0.6) is 5.75 Å². The van der Waals surface area contributed by atoms with E-state index >= 15 is 0 Å². The summed E-state index contributed by atoms with van der Waals surface area (Å²) in [5.74, 6) is 1.84. The van der Waals surface area contributed by atoms with E-state index in [4.69, 9.17) is 4.74 Å². The zero-order valence-electron chi connectivity index (χ0n) is 18.0. The Morgan fingerprint density at radius 2 is 1.80 bits per heavy atom. The van der Waals surface area contributed by atoms with Gasteiger partial charge in [0, 0.05) is 6.04 Å². The molecule has 30 heavy (non-hydrogen) atoms. The van der Waals surface area contributed by atoms with E-state index in [1.807, 2.05) is 30.3 Å². The third kappa shape index (κ3) is 4.24. The van der Waals surface area contributed by atoms with Crippen LogP contribution in [0.3, 0.4) is 0 Å². The molecule has 0 radical (unpaired) electrons. The number of carbonyl (C=O) groups excluding carboxylic acids is 1. The second-order valence-electron chi connectivity index (χ2n) is 9.01. The van der Waals surface area contributed by atoms with E-state index in [1.165, 1.54) is 11.1 Å². The number of hydrogen-bond acceptors (Lipinski definition) is 3. The number of piperidine rings is 1. The molecule has 1 aliphatic carbocycles. The molecule has 2 aromatic rings. The van der Waals surface area contributed by atoms with E-state index < -0.39 is 0 Å². The smallest absolute Gasteiger partial charge is 0.228 e. The molecule has 4 heteroatoms. The third-order valence-corrected chi connectivity index (χ3v) is 7.20. The molecule has 2 aliphatic rings. The van der Waals surface area contributed by atoms with Crippen molar-refractivity contribution in [1.29, 1.82) is 0 Å².